The fraction of sp³-hybridized carbons (Fsp3) is 0.562. The number of aryl methyl sites for hydroxylation is 1. The van der Waals surface area contributed by atoms with Gasteiger partial charge in [-0.3, -0.25) is 4.79 Å². The largest absolute Gasteiger partial charge is 0.460 e. The van der Waals surface area contributed by atoms with Crippen LogP contribution in [0.15, 0.2) is 24.3 Å². The zero-order valence-corrected chi connectivity index (χ0v) is 12.8. The average Bonchev–Trinajstić information content (AvgIpc) is 2.26. The van der Waals surface area contributed by atoms with Gasteiger partial charge in [0.25, 0.3) is 0 Å². The van der Waals surface area contributed by atoms with E-state index in [2.05, 4.69) is 0 Å². The molecule has 2 N–H and O–H groups in total. The maximum Gasteiger partial charge on any atom is 0.313 e. The maximum absolute atomic E-state index is 12.3. The van der Waals surface area contributed by atoms with Crippen molar-refractivity contribution in [3.8, 4) is 0 Å². The number of carbonyl (C=O) groups is 1. The molecule has 0 amide bonds. The van der Waals surface area contributed by atoms with Gasteiger partial charge in [-0.05, 0) is 52.7 Å². The third kappa shape index (κ3) is 3.80. The minimum atomic E-state index is -0.764. The number of carbonyl (C=O) groups excluding carboxylic acids is 1. The second kappa shape index (κ2) is 5.33. The maximum atomic E-state index is 12.3. The Bertz CT molecular complexity index is 458. The highest BCUT2D eigenvalue weighted by atomic mass is 16.6. The molecule has 106 valence electrons. The quantitative estimate of drug-likeness (QED) is 0.851. The van der Waals surface area contributed by atoms with Gasteiger partial charge in [0, 0.05) is 6.04 Å². The lowest BCUT2D eigenvalue weighted by Crippen LogP contribution is -2.41. The molecule has 0 fully saturated rings. The summed E-state index contributed by atoms with van der Waals surface area (Å²) in [5.74, 6) is -0.268. The molecule has 0 bridgehead atoms. The topological polar surface area (TPSA) is 52.3 Å². The van der Waals surface area contributed by atoms with Crippen molar-refractivity contribution >= 4 is 5.97 Å². The van der Waals surface area contributed by atoms with Crippen molar-refractivity contribution in [3.05, 3.63) is 35.4 Å². The standard InChI is InChI=1S/C16H25NO2/c1-11-9-7-8-10-12(11)13(17)16(5,6)14(18)19-15(2,3)4/h7-10,13H,17H2,1-6H3. The molecular weight excluding hydrogens is 238 g/mol. The minimum Gasteiger partial charge on any atom is -0.460 e. The predicted molar refractivity (Wildman–Crippen MR) is 77.7 cm³/mol. The van der Waals surface area contributed by atoms with Crippen LogP contribution in [0.1, 0.15) is 51.8 Å². The lowest BCUT2D eigenvalue weighted by atomic mass is 9.79. The molecule has 1 unspecified atom stereocenters. The molecule has 0 saturated carbocycles. The Morgan fingerprint density at radius 1 is 1.16 bits per heavy atom. The van der Waals surface area contributed by atoms with Gasteiger partial charge in [-0.1, -0.05) is 24.3 Å². The summed E-state index contributed by atoms with van der Waals surface area (Å²) in [5, 5.41) is 0. The van der Waals surface area contributed by atoms with Crippen LogP contribution in [-0.2, 0) is 9.53 Å². The van der Waals surface area contributed by atoms with E-state index < -0.39 is 11.0 Å². The summed E-state index contributed by atoms with van der Waals surface area (Å²) in [7, 11) is 0. The Kier molecular flexibility index (Phi) is 4.41. The molecule has 3 nitrogen and oxygen atoms in total. The highest BCUT2D eigenvalue weighted by Crippen LogP contribution is 2.35. The van der Waals surface area contributed by atoms with E-state index in [9.17, 15) is 4.79 Å². The molecule has 0 aliphatic heterocycles. The van der Waals surface area contributed by atoms with Gasteiger partial charge in [0.2, 0.25) is 0 Å². The number of esters is 1. The molecule has 0 radical (unpaired) electrons. The van der Waals surface area contributed by atoms with Gasteiger partial charge in [0.05, 0.1) is 5.41 Å². The number of rotatable bonds is 3. The molecule has 0 aromatic heterocycles. The van der Waals surface area contributed by atoms with E-state index in [1.807, 2.05) is 65.8 Å². The Balaban J connectivity index is 3.00. The van der Waals surface area contributed by atoms with Crippen molar-refractivity contribution in [1.82, 2.24) is 0 Å². The van der Waals surface area contributed by atoms with E-state index in [0.717, 1.165) is 11.1 Å². The van der Waals surface area contributed by atoms with Gasteiger partial charge in [0.1, 0.15) is 5.60 Å². The Morgan fingerprint density at radius 3 is 2.16 bits per heavy atom. The van der Waals surface area contributed by atoms with Crippen LogP contribution in [0, 0.1) is 12.3 Å². The summed E-state index contributed by atoms with van der Waals surface area (Å²) in [6, 6.07) is 7.48. The first-order valence-electron chi connectivity index (χ1n) is 6.60. The smallest absolute Gasteiger partial charge is 0.313 e. The molecule has 0 heterocycles. The molecule has 0 aliphatic rings. The molecule has 3 heteroatoms. The lowest BCUT2D eigenvalue weighted by Gasteiger charge is -2.33. The first-order valence-corrected chi connectivity index (χ1v) is 6.60. The Morgan fingerprint density at radius 2 is 1.68 bits per heavy atom. The van der Waals surface area contributed by atoms with E-state index in [1.54, 1.807) is 0 Å². The second-order valence-corrected chi connectivity index (χ2v) is 6.56. The van der Waals surface area contributed by atoms with Crippen LogP contribution in [0.25, 0.3) is 0 Å². The van der Waals surface area contributed by atoms with Crippen molar-refractivity contribution in [2.45, 2.75) is 53.2 Å². The molecule has 19 heavy (non-hydrogen) atoms. The third-order valence-corrected chi connectivity index (χ3v) is 3.23. The zero-order chi connectivity index (χ0) is 14.8. The Hall–Kier alpha value is -1.35. The second-order valence-electron chi connectivity index (χ2n) is 6.56. The first kappa shape index (κ1) is 15.7. The van der Waals surface area contributed by atoms with Crippen LogP contribution >= 0.6 is 0 Å². The fourth-order valence-corrected chi connectivity index (χ4v) is 1.86. The average molecular weight is 263 g/mol. The summed E-state index contributed by atoms with van der Waals surface area (Å²) in [5.41, 5.74) is 7.10. The molecule has 1 aromatic carbocycles. The number of hydrogen-bond donors (Lipinski definition) is 1. The first-order chi connectivity index (χ1) is 8.55. The van der Waals surface area contributed by atoms with Gasteiger partial charge in [0.15, 0.2) is 0 Å². The van der Waals surface area contributed by atoms with E-state index in [1.165, 1.54) is 0 Å². The number of benzene rings is 1. The van der Waals surface area contributed by atoms with Crippen LogP contribution in [0.2, 0.25) is 0 Å². The highest BCUT2D eigenvalue weighted by molar-refractivity contribution is 5.77. The van der Waals surface area contributed by atoms with Crippen molar-refractivity contribution in [3.63, 3.8) is 0 Å². The van der Waals surface area contributed by atoms with Gasteiger partial charge in [-0.2, -0.15) is 0 Å². The summed E-state index contributed by atoms with van der Waals surface area (Å²) >= 11 is 0. The fourth-order valence-electron chi connectivity index (χ4n) is 1.86. The highest BCUT2D eigenvalue weighted by Gasteiger charge is 2.39. The molecule has 0 saturated heterocycles. The van der Waals surface area contributed by atoms with Gasteiger partial charge >= 0.3 is 5.97 Å². The summed E-state index contributed by atoms with van der Waals surface area (Å²) in [6.07, 6.45) is 0. The van der Waals surface area contributed by atoms with Crippen molar-refractivity contribution in [2.24, 2.45) is 11.1 Å². The molecule has 1 aromatic rings. The normalized spacial score (nSPS) is 14.1. The van der Waals surface area contributed by atoms with Crippen molar-refractivity contribution in [2.75, 3.05) is 0 Å². The molecule has 0 aliphatic carbocycles. The van der Waals surface area contributed by atoms with Crippen LogP contribution in [0.4, 0.5) is 0 Å². The van der Waals surface area contributed by atoms with Crippen LogP contribution in [0.3, 0.4) is 0 Å². The van der Waals surface area contributed by atoms with Crippen molar-refractivity contribution in [1.29, 1.82) is 0 Å². The molecule has 1 rings (SSSR count). The zero-order valence-electron chi connectivity index (χ0n) is 12.8. The molecular formula is C16H25NO2. The molecule has 0 spiro atoms. The Labute approximate surface area is 116 Å². The van der Waals surface area contributed by atoms with Crippen LogP contribution < -0.4 is 5.73 Å². The van der Waals surface area contributed by atoms with E-state index in [-0.39, 0.29) is 12.0 Å². The van der Waals surface area contributed by atoms with Crippen LogP contribution in [-0.4, -0.2) is 11.6 Å². The van der Waals surface area contributed by atoms with Gasteiger partial charge in [-0.15, -0.1) is 0 Å². The monoisotopic (exact) mass is 263 g/mol. The third-order valence-electron chi connectivity index (χ3n) is 3.23. The lowest BCUT2D eigenvalue weighted by molar-refractivity contribution is -0.167. The summed E-state index contributed by atoms with van der Waals surface area (Å²) < 4.78 is 5.47. The van der Waals surface area contributed by atoms with E-state index in [0.29, 0.717) is 0 Å². The van der Waals surface area contributed by atoms with Crippen LogP contribution in [0.5, 0.6) is 0 Å². The number of ether oxygens (including phenoxy) is 1. The summed E-state index contributed by atoms with van der Waals surface area (Å²) in [4.78, 5) is 12.3. The van der Waals surface area contributed by atoms with E-state index >= 15 is 0 Å². The van der Waals surface area contributed by atoms with E-state index in [4.69, 9.17) is 10.5 Å². The summed E-state index contributed by atoms with van der Waals surface area (Å²) in [6.45, 7) is 11.2. The van der Waals surface area contributed by atoms with Gasteiger partial charge in [-0.25, -0.2) is 0 Å². The molecule has 1 atom stereocenters. The van der Waals surface area contributed by atoms with Gasteiger partial charge < -0.3 is 10.5 Å². The minimum absolute atomic E-state index is 0.268. The number of hydrogen-bond acceptors (Lipinski definition) is 3. The SMILES string of the molecule is Cc1ccccc1C(N)C(C)(C)C(=O)OC(C)(C)C. The van der Waals surface area contributed by atoms with Crippen molar-refractivity contribution < 1.29 is 9.53 Å². The predicted octanol–water partition coefficient (Wildman–Crippen LogP) is 3.36. The number of nitrogens with two attached hydrogens (primary N) is 1.